The van der Waals surface area contributed by atoms with Gasteiger partial charge in [-0.3, -0.25) is 0 Å². The summed E-state index contributed by atoms with van der Waals surface area (Å²) < 4.78 is 42.4. The van der Waals surface area contributed by atoms with Crippen LogP contribution >= 0.6 is 0 Å². The summed E-state index contributed by atoms with van der Waals surface area (Å²) in [7, 11) is -2.37. The van der Waals surface area contributed by atoms with Crippen LogP contribution < -0.4 is 9.46 Å². The second kappa shape index (κ2) is 8.41. The van der Waals surface area contributed by atoms with Crippen LogP contribution in [0, 0.1) is 0 Å². The smallest absolute Gasteiger partial charge is 0.347 e. The molecule has 0 aromatic heterocycles. The van der Waals surface area contributed by atoms with Crippen molar-refractivity contribution in [2.75, 3.05) is 13.7 Å². The van der Waals surface area contributed by atoms with E-state index < -0.39 is 28.1 Å². The minimum Gasteiger partial charge on any atom is -0.495 e. The highest BCUT2D eigenvalue weighted by Gasteiger charge is 2.30. The lowest BCUT2D eigenvalue weighted by molar-refractivity contribution is -0.145. The number of carbonyl (C=O) groups excluding carboxylic acids is 2. The van der Waals surface area contributed by atoms with Gasteiger partial charge in [0.2, 0.25) is 16.1 Å². The molecular weight excluding hydrogens is 386 g/mol. The Morgan fingerprint density at radius 1 is 1.18 bits per heavy atom. The van der Waals surface area contributed by atoms with Crippen LogP contribution in [0.25, 0.3) is 0 Å². The maximum Gasteiger partial charge on any atom is 0.347 e. The van der Waals surface area contributed by atoms with E-state index in [2.05, 4.69) is 4.72 Å². The van der Waals surface area contributed by atoms with Gasteiger partial charge in [-0.1, -0.05) is 24.3 Å². The van der Waals surface area contributed by atoms with E-state index in [4.69, 9.17) is 14.2 Å². The molecular formula is C19H19NO7S. The molecule has 1 fully saturated rings. The zero-order valence-corrected chi connectivity index (χ0v) is 15.9. The molecule has 0 bridgehead atoms. The van der Waals surface area contributed by atoms with Gasteiger partial charge in [0.15, 0.2) is 0 Å². The quantitative estimate of drug-likeness (QED) is 0.698. The number of hydrogen-bond donors (Lipinski definition) is 1. The summed E-state index contributed by atoms with van der Waals surface area (Å²) in [5.74, 6) is -0.931. The molecule has 2 aromatic carbocycles. The highest BCUT2D eigenvalue weighted by Crippen LogP contribution is 2.22. The van der Waals surface area contributed by atoms with E-state index >= 15 is 0 Å². The average Bonchev–Trinajstić information content (AvgIpc) is 3.11. The molecule has 9 heteroatoms. The molecule has 1 aliphatic rings. The molecule has 3 rings (SSSR count). The van der Waals surface area contributed by atoms with E-state index in [1.807, 2.05) is 0 Å². The molecule has 0 unspecified atom stereocenters. The maximum atomic E-state index is 12.5. The molecule has 1 saturated heterocycles. The van der Waals surface area contributed by atoms with E-state index in [-0.39, 0.29) is 29.4 Å². The molecule has 0 saturated carbocycles. The summed E-state index contributed by atoms with van der Waals surface area (Å²) in [6, 6.07) is 12.5. The normalized spacial score (nSPS) is 16.5. The van der Waals surface area contributed by atoms with Crippen molar-refractivity contribution in [2.24, 2.45) is 0 Å². The van der Waals surface area contributed by atoms with E-state index in [0.717, 1.165) is 0 Å². The van der Waals surface area contributed by atoms with E-state index in [1.165, 1.54) is 25.3 Å². The van der Waals surface area contributed by atoms with Gasteiger partial charge in [-0.2, -0.15) is 0 Å². The van der Waals surface area contributed by atoms with Crippen LogP contribution in [0.4, 0.5) is 0 Å². The summed E-state index contributed by atoms with van der Waals surface area (Å²) in [5.41, 5.74) is 0.909. The Morgan fingerprint density at radius 2 is 1.89 bits per heavy atom. The number of esters is 2. The zero-order chi connectivity index (χ0) is 20.1. The first-order valence-electron chi connectivity index (χ1n) is 8.50. The molecule has 1 aliphatic heterocycles. The number of cyclic esters (lactones) is 1. The molecule has 148 valence electrons. The van der Waals surface area contributed by atoms with Gasteiger partial charge in [-0.15, -0.1) is 0 Å². The Hall–Kier alpha value is -2.91. The van der Waals surface area contributed by atoms with Gasteiger partial charge < -0.3 is 14.2 Å². The van der Waals surface area contributed by atoms with Gasteiger partial charge in [0, 0.05) is 13.0 Å². The molecule has 2 aromatic rings. The lowest BCUT2D eigenvalue weighted by Crippen LogP contribution is -2.24. The van der Waals surface area contributed by atoms with Crippen molar-refractivity contribution in [2.45, 2.75) is 24.0 Å². The van der Waals surface area contributed by atoms with E-state index in [1.54, 1.807) is 30.3 Å². The molecule has 1 atom stereocenters. The monoisotopic (exact) mass is 405 g/mol. The summed E-state index contributed by atoms with van der Waals surface area (Å²) in [6.07, 6.45) is -0.534. The number of benzene rings is 2. The van der Waals surface area contributed by atoms with Crippen molar-refractivity contribution < 1.29 is 32.2 Å². The van der Waals surface area contributed by atoms with Gasteiger partial charge in [0.05, 0.1) is 19.3 Å². The van der Waals surface area contributed by atoms with Crippen molar-refractivity contribution in [1.29, 1.82) is 0 Å². The Kier molecular flexibility index (Phi) is 5.96. The molecule has 28 heavy (non-hydrogen) atoms. The fraction of sp³-hybridized carbons (Fsp3) is 0.263. The Labute approximate surface area is 162 Å². The molecule has 1 N–H and O–H groups in total. The number of para-hydroxylation sites is 1. The topological polar surface area (TPSA) is 108 Å². The van der Waals surface area contributed by atoms with Crippen molar-refractivity contribution in [3.63, 3.8) is 0 Å². The number of hydrogen-bond acceptors (Lipinski definition) is 7. The second-order valence-electron chi connectivity index (χ2n) is 6.02. The number of nitrogens with one attached hydrogen (secondary N) is 1. The first kappa shape index (κ1) is 19.8. The van der Waals surface area contributed by atoms with Gasteiger partial charge in [-0.05, 0) is 29.8 Å². The standard InChI is InChI=1S/C19H19NO7S/c1-25-15-4-2-3-5-17(15)28(23,24)20-12-13-6-8-14(9-7-13)18(21)27-16-10-11-26-19(16)22/h2-9,16,20H,10-12H2,1H3/t16-/m1/s1. The van der Waals surface area contributed by atoms with Gasteiger partial charge in [0.25, 0.3) is 0 Å². The summed E-state index contributed by atoms with van der Waals surface area (Å²) in [5, 5.41) is 0. The number of rotatable bonds is 7. The van der Waals surface area contributed by atoms with Crippen LogP contribution in [0.5, 0.6) is 5.75 Å². The predicted octanol–water partition coefficient (Wildman–Crippen LogP) is 1.65. The van der Waals surface area contributed by atoms with Crippen LogP contribution in [-0.2, 0) is 30.8 Å². The van der Waals surface area contributed by atoms with Crippen LogP contribution in [0.1, 0.15) is 22.3 Å². The third-order valence-electron chi connectivity index (χ3n) is 4.15. The van der Waals surface area contributed by atoms with E-state index in [0.29, 0.717) is 12.0 Å². The first-order valence-corrected chi connectivity index (χ1v) is 9.98. The molecule has 0 aliphatic carbocycles. The molecule has 0 amide bonds. The third-order valence-corrected chi connectivity index (χ3v) is 5.59. The minimum atomic E-state index is -3.77. The van der Waals surface area contributed by atoms with Gasteiger partial charge >= 0.3 is 11.9 Å². The van der Waals surface area contributed by atoms with Gasteiger partial charge in [0.1, 0.15) is 10.6 Å². The Bertz CT molecular complexity index is 970. The molecule has 1 heterocycles. The van der Waals surface area contributed by atoms with Crippen molar-refractivity contribution >= 4 is 22.0 Å². The SMILES string of the molecule is COc1ccccc1S(=O)(=O)NCc1ccc(C(=O)O[C@@H]2CCOC2=O)cc1. The minimum absolute atomic E-state index is 0.0324. The fourth-order valence-corrected chi connectivity index (χ4v) is 3.82. The summed E-state index contributed by atoms with van der Waals surface area (Å²) >= 11 is 0. The summed E-state index contributed by atoms with van der Waals surface area (Å²) in [4.78, 5) is 23.5. The average molecular weight is 405 g/mol. The molecule has 0 spiro atoms. The van der Waals surface area contributed by atoms with Crippen molar-refractivity contribution in [3.05, 3.63) is 59.7 Å². The fourth-order valence-electron chi connectivity index (χ4n) is 2.64. The van der Waals surface area contributed by atoms with Crippen LogP contribution in [0.2, 0.25) is 0 Å². The molecule has 0 radical (unpaired) electrons. The first-order chi connectivity index (χ1) is 13.4. The van der Waals surface area contributed by atoms with Crippen LogP contribution in [0.15, 0.2) is 53.4 Å². The lowest BCUT2D eigenvalue weighted by Gasteiger charge is -2.11. The Balaban J connectivity index is 1.62. The van der Waals surface area contributed by atoms with Crippen molar-refractivity contribution in [1.82, 2.24) is 4.72 Å². The lowest BCUT2D eigenvalue weighted by atomic mass is 10.1. The highest BCUT2D eigenvalue weighted by molar-refractivity contribution is 7.89. The van der Waals surface area contributed by atoms with Crippen LogP contribution in [-0.4, -0.2) is 40.2 Å². The van der Waals surface area contributed by atoms with E-state index in [9.17, 15) is 18.0 Å². The summed E-state index contributed by atoms with van der Waals surface area (Å²) in [6.45, 7) is 0.271. The van der Waals surface area contributed by atoms with Gasteiger partial charge in [-0.25, -0.2) is 22.7 Å². The van der Waals surface area contributed by atoms with Crippen molar-refractivity contribution in [3.8, 4) is 5.75 Å². The largest absolute Gasteiger partial charge is 0.495 e. The number of ether oxygens (including phenoxy) is 3. The number of sulfonamides is 1. The maximum absolute atomic E-state index is 12.5. The third kappa shape index (κ3) is 4.49. The number of methoxy groups -OCH3 is 1. The zero-order valence-electron chi connectivity index (χ0n) is 15.1. The highest BCUT2D eigenvalue weighted by atomic mass is 32.2. The predicted molar refractivity (Wildman–Crippen MR) is 98.2 cm³/mol. The van der Waals surface area contributed by atoms with Crippen LogP contribution in [0.3, 0.4) is 0 Å². The number of carbonyl (C=O) groups is 2. The molecule has 8 nitrogen and oxygen atoms in total. The Morgan fingerprint density at radius 3 is 2.54 bits per heavy atom. The second-order valence-corrected chi connectivity index (χ2v) is 7.76.